The van der Waals surface area contributed by atoms with Crippen molar-refractivity contribution in [3.8, 4) is 0 Å². The van der Waals surface area contributed by atoms with E-state index < -0.39 is 0 Å². The summed E-state index contributed by atoms with van der Waals surface area (Å²) in [7, 11) is 1.90. The van der Waals surface area contributed by atoms with Gasteiger partial charge >= 0.3 is 0 Å². The van der Waals surface area contributed by atoms with E-state index in [0.29, 0.717) is 25.2 Å². The molecule has 1 saturated carbocycles. The van der Waals surface area contributed by atoms with Gasteiger partial charge in [0.25, 0.3) is 0 Å². The summed E-state index contributed by atoms with van der Waals surface area (Å²) in [6.45, 7) is 3.36. The Balaban J connectivity index is 1.83. The zero-order valence-electron chi connectivity index (χ0n) is 12.3. The van der Waals surface area contributed by atoms with Crippen molar-refractivity contribution in [1.82, 2.24) is 10.6 Å². The standard InChI is InChI=1S/C15H28N2O2/c1-11(12-7-5-3-4-6-8-12)17-15(18)13-9-19-10-14(13)16-2/h11-14,16H,3-10H2,1-2H3,(H,17,18)/t11-,13?,14?/m0/s1. The van der Waals surface area contributed by atoms with Gasteiger partial charge in [0.15, 0.2) is 0 Å². The third-order valence-corrected chi connectivity index (χ3v) is 4.76. The molecular weight excluding hydrogens is 240 g/mol. The fourth-order valence-corrected chi connectivity index (χ4v) is 3.36. The van der Waals surface area contributed by atoms with Crippen LogP contribution in [0.2, 0.25) is 0 Å². The van der Waals surface area contributed by atoms with Gasteiger partial charge < -0.3 is 15.4 Å². The van der Waals surface area contributed by atoms with Crippen LogP contribution in [0.15, 0.2) is 0 Å². The monoisotopic (exact) mass is 268 g/mol. The third-order valence-electron chi connectivity index (χ3n) is 4.76. The van der Waals surface area contributed by atoms with Crippen molar-refractivity contribution in [2.75, 3.05) is 20.3 Å². The van der Waals surface area contributed by atoms with Crippen LogP contribution < -0.4 is 10.6 Å². The van der Waals surface area contributed by atoms with Gasteiger partial charge in [-0.3, -0.25) is 4.79 Å². The Morgan fingerprint density at radius 3 is 2.47 bits per heavy atom. The zero-order chi connectivity index (χ0) is 13.7. The minimum absolute atomic E-state index is 0.0294. The lowest BCUT2D eigenvalue weighted by Gasteiger charge is -2.26. The first-order valence-electron chi connectivity index (χ1n) is 7.77. The number of likely N-dealkylation sites (N-methyl/N-ethyl adjacent to an activating group) is 1. The molecule has 1 aliphatic heterocycles. The number of hydrogen-bond donors (Lipinski definition) is 2. The Bertz CT molecular complexity index is 288. The molecule has 1 aliphatic carbocycles. The topological polar surface area (TPSA) is 50.4 Å². The van der Waals surface area contributed by atoms with E-state index in [4.69, 9.17) is 4.74 Å². The largest absolute Gasteiger partial charge is 0.379 e. The highest BCUT2D eigenvalue weighted by Crippen LogP contribution is 2.26. The van der Waals surface area contributed by atoms with Gasteiger partial charge in [-0.25, -0.2) is 0 Å². The first-order valence-corrected chi connectivity index (χ1v) is 7.77. The van der Waals surface area contributed by atoms with Crippen molar-refractivity contribution in [3.63, 3.8) is 0 Å². The molecule has 1 heterocycles. The molecule has 2 rings (SSSR count). The molecule has 4 nitrogen and oxygen atoms in total. The van der Waals surface area contributed by atoms with Crippen LogP contribution in [0.5, 0.6) is 0 Å². The van der Waals surface area contributed by atoms with Crippen LogP contribution in [-0.2, 0) is 9.53 Å². The molecule has 0 radical (unpaired) electrons. The van der Waals surface area contributed by atoms with Crippen LogP contribution in [0, 0.1) is 11.8 Å². The maximum atomic E-state index is 12.3. The Labute approximate surface area is 116 Å². The number of ether oxygens (including phenoxy) is 1. The third kappa shape index (κ3) is 3.93. The second-order valence-corrected chi connectivity index (χ2v) is 6.09. The number of rotatable bonds is 4. The lowest BCUT2D eigenvalue weighted by Crippen LogP contribution is -2.47. The van der Waals surface area contributed by atoms with E-state index in [1.54, 1.807) is 0 Å². The average molecular weight is 268 g/mol. The average Bonchev–Trinajstić information content (AvgIpc) is 2.72. The molecule has 0 aromatic rings. The highest BCUT2D eigenvalue weighted by molar-refractivity contribution is 5.80. The predicted molar refractivity (Wildman–Crippen MR) is 76.0 cm³/mol. The van der Waals surface area contributed by atoms with E-state index in [0.717, 1.165) is 0 Å². The summed E-state index contributed by atoms with van der Waals surface area (Å²) >= 11 is 0. The van der Waals surface area contributed by atoms with Crippen molar-refractivity contribution in [2.24, 2.45) is 11.8 Å². The summed E-state index contributed by atoms with van der Waals surface area (Å²) in [5, 5.41) is 6.40. The normalized spacial score (nSPS) is 30.8. The number of hydrogen-bond acceptors (Lipinski definition) is 3. The number of nitrogens with one attached hydrogen (secondary N) is 2. The van der Waals surface area contributed by atoms with Crippen LogP contribution in [0.4, 0.5) is 0 Å². The van der Waals surface area contributed by atoms with Crippen molar-refractivity contribution >= 4 is 5.91 Å². The second-order valence-electron chi connectivity index (χ2n) is 6.09. The molecule has 4 heteroatoms. The Morgan fingerprint density at radius 1 is 1.16 bits per heavy atom. The summed E-state index contributed by atoms with van der Waals surface area (Å²) < 4.78 is 5.41. The lowest BCUT2D eigenvalue weighted by atomic mass is 9.92. The summed E-state index contributed by atoms with van der Waals surface area (Å²) in [6.07, 6.45) is 7.87. The molecule has 1 saturated heterocycles. The van der Waals surface area contributed by atoms with Crippen molar-refractivity contribution < 1.29 is 9.53 Å². The minimum atomic E-state index is -0.0294. The summed E-state index contributed by atoms with van der Waals surface area (Å²) in [5.41, 5.74) is 0. The van der Waals surface area contributed by atoms with Crippen LogP contribution in [0.1, 0.15) is 45.4 Å². The predicted octanol–water partition coefficient (Wildman–Crippen LogP) is 1.70. The van der Waals surface area contributed by atoms with Crippen molar-refractivity contribution in [3.05, 3.63) is 0 Å². The van der Waals surface area contributed by atoms with Gasteiger partial charge in [-0.1, -0.05) is 25.7 Å². The first-order chi connectivity index (χ1) is 9.22. The van der Waals surface area contributed by atoms with E-state index in [9.17, 15) is 4.79 Å². The van der Waals surface area contributed by atoms with Gasteiger partial charge in [0, 0.05) is 12.1 Å². The SMILES string of the molecule is CNC1COCC1C(=O)N[C@@H](C)C1CCCCCC1. The second kappa shape index (κ2) is 7.25. The molecule has 2 aliphatic rings. The molecule has 110 valence electrons. The van der Waals surface area contributed by atoms with Gasteiger partial charge in [-0.05, 0) is 32.7 Å². The van der Waals surface area contributed by atoms with Crippen LogP contribution in [0.25, 0.3) is 0 Å². The number of carbonyl (C=O) groups excluding carboxylic acids is 1. The van der Waals surface area contributed by atoms with Crippen LogP contribution in [0.3, 0.4) is 0 Å². The highest BCUT2D eigenvalue weighted by atomic mass is 16.5. The van der Waals surface area contributed by atoms with Gasteiger partial charge in [0.2, 0.25) is 5.91 Å². The molecule has 0 aromatic heterocycles. The summed E-state index contributed by atoms with van der Waals surface area (Å²) in [6, 6.07) is 0.463. The van der Waals surface area contributed by atoms with E-state index in [2.05, 4.69) is 17.6 Å². The molecule has 2 unspecified atom stereocenters. The van der Waals surface area contributed by atoms with E-state index in [-0.39, 0.29) is 17.9 Å². The Morgan fingerprint density at radius 2 is 1.84 bits per heavy atom. The molecule has 2 fully saturated rings. The van der Waals surface area contributed by atoms with Crippen LogP contribution >= 0.6 is 0 Å². The van der Waals surface area contributed by atoms with Gasteiger partial charge in [-0.15, -0.1) is 0 Å². The fourth-order valence-electron chi connectivity index (χ4n) is 3.36. The van der Waals surface area contributed by atoms with Gasteiger partial charge in [-0.2, -0.15) is 0 Å². The number of amides is 1. The Hall–Kier alpha value is -0.610. The quantitative estimate of drug-likeness (QED) is 0.763. The van der Waals surface area contributed by atoms with E-state index in [1.807, 2.05) is 7.05 Å². The minimum Gasteiger partial charge on any atom is -0.379 e. The maximum Gasteiger partial charge on any atom is 0.227 e. The van der Waals surface area contributed by atoms with Gasteiger partial charge in [0.05, 0.1) is 19.1 Å². The summed E-state index contributed by atoms with van der Waals surface area (Å²) in [5.74, 6) is 0.786. The smallest absolute Gasteiger partial charge is 0.227 e. The maximum absolute atomic E-state index is 12.3. The summed E-state index contributed by atoms with van der Waals surface area (Å²) in [4.78, 5) is 12.3. The van der Waals surface area contributed by atoms with Gasteiger partial charge in [0.1, 0.15) is 0 Å². The van der Waals surface area contributed by atoms with Crippen LogP contribution in [-0.4, -0.2) is 38.3 Å². The molecule has 3 atom stereocenters. The molecule has 0 spiro atoms. The van der Waals surface area contributed by atoms with Crippen molar-refractivity contribution in [1.29, 1.82) is 0 Å². The fraction of sp³-hybridized carbons (Fsp3) is 0.933. The van der Waals surface area contributed by atoms with E-state index >= 15 is 0 Å². The number of carbonyl (C=O) groups is 1. The lowest BCUT2D eigenvalue weighted by molar-refractivity contribution is -0.126. The van der Waals surface area contributed by atoms with E-state index in [1.165, 1.54) is 38.5 Å². The molecule has 0 aromatic carbocycles. The molecule has 19 heavy (non-hydrogen) atoms. The molecule has 0 bridgehead atoms. The molecule has 1 amide bonds. The highest BCUT2D eigenvalue weighted by Gasteiger charge is 2.34. The molecular formula is C15H28N2O2. The zero-order valence-corrected chi connectivity index (χ0v) is 12.3. The first kappa shape index (κ1) is 14.8. The molecule has 2 N–H and O–H groups in total. The Kier molecular flexibility index (Phi) is 5.64. The van der Waals surface area contributed by atoms with Crippen molar-refractivity contribution in [2.45, 2.75) is 57.5 Å².